The molecular weight excluding hydrogens is 274 g/mol. The number of nitrogens with zero attached hydrogens (tertiary/aromatic N) is 1. The van der Waals surface area contributed by atoms with Crippen LogP contribution < -0.4 is 10.6 Å². The van der Waals surface area contributed by atoms with Crippen LogP contribution in [0.3, 0.4) is 0 Å². The molecule has 21 heavy (non-hydrogen) atoms. The molecule has 112 valence electrons. The van der Waals surface area contributed by atoms with E-state index in [0.29, 0.717) is 11.4 Å². The molecule has 2 rings (SSSR count). The number of carboxylic acid groups (broad SMARTS) is 1. The monoisotopic (exact) mass is 291 g/mol. The van der Waals surface area contributed by atoms with E-state index < -0.39 is 12.0 Å². The van der Waals surface area contributed by atoms with Crippen molar-refractivity contribution in [3.05, 3.63) is 24.3 Å². The van der Waals surface area contributed by atoms with Crippen molar-refractivity contribution in [1.82, 2.24) is 4.90 Å². The second-order valence-electron chi connectivity index (χ2n) is 4.94. The molecule has 1 aromatic rings. The highest BCUT2D eigenvalue weighted by molar-refractivity contribution is 5.93. The van der Waals surface area contributed by atoms with Crippen LogP contribution in [0.25, 0.3) is 0 Å². The van der Waals surface area contributed by atoms with Crippen molar-refractivity contribution in [3.8, 4) is 0 Å². The van der Waals surface area contributed by atoms with E-state index in [9.17, 15) is 14.4 Å². The van der Waals surface area contributed by atoms with Crippen LogP contribution >= 0.6 is 0 Å². The lowest BCUT2D eigenvalue weighted by molar-refractivity contribution is -0.137. The number of carbonyl (C=O) groups is 3. The van der Waals surface area contributed by atoms with E-state index >= 15 is 0 Å². The molecule has 7 nitrogen and oxygen atoms in total. The summed E-state index contributed by atoms with van der Waals surface area (Å²) < 4.78 is 0. The smallest absolute Gasteiger partial charge is 0.323 e. The fourth-order valence-electron chi connectivity index (χ4n) is 1.93. The maximum atomic E-state index is 12.1. The Balaban J connectivity index is 1.97. The Hall–Kier alpha value is -2.57. The Morgan fingerprint density at radius 2 is 1.67 bits per heavy atom. The number of carboxylic acids is 1. The predicted octanol–water partition coefficient (Wildman–Crippen LogP) is 1.73. The first kappa shape index (κ1) is 14.8. The zero-order chi connectivity index (χ0) is 15.4. The number of nitrogens with one attached hydrogen (secondary N) is 2. The first-order chi connectivity index (χ1) is 9.95. The van der Waals surface area contributed by atoms with Gasteiger partial charge in [-0.3, -0.25) is 9.59 Å². The third-order valence-electron chi connectivity index (χ3n) is 3.01. The third-order valence-corrected chi connectivity index (χ3v) is 3.01. The molecular formula is C14H17N3O4. The van der Waals surface area contributed by atoms with Crippen LogP contribution in [0.1, 0.15) is 19.8 Å². The Kier molecular flexibility index (Phi) is 4.42. The molecule has 0 heterocycles. The van der Waals surface area contributed by atoms with Gasteiger partial charge in [0, 0.05) is 24.3 Å². The van der Waals surface area contributed by atoms with Crippen molar-refractivity contribution in [3.63, 3.8) is 0 Å². The van der Waals surface area contributed by atoms with Gasteiger partial charge in [-0.15, -0.1) is 0 Å². The van der Waals surface area contributed by atoms with Crippen molar-refractivity contribution < 1.29 is 19.5 Å². The van der Waals surface area contributed by atoms with Crippen LogP contribution in [0.5, 0.6) is 0 Å². The number of anilines is 2. The highest BCUT2D eigenvalue weighted by atomic mass is 16.4. The minimum Gasteiger partial charge on any atom is -0.480 e. The van der Waals surface area contributed by atoms with Crippen molar-refractivity contribution in [2.24, 2.45) is 0 Å². The summed E-state index contributed by atoms with van der Waals surface area (Å²) in [6, 6.07) is 6.21. The van der Waals surface area contributed by atoms with Crippen LogP contribution in [-0.2, 0) is 9.59 Å². The first-order valence-corrected chi connectivity index (χ1v) is 6.63. The van der Waals surface area contributed by atoms with Crippen LogP contribution in [0.2, 0.25) is 0 Å². The van der Waals surface area contributed by atoms with E-state index in [1.165, 1.54) is 11.8 Å². The summed E-state index contributed by atoms with van der Waals surface area (Å²) in [5.74, 6) is -1.20. The molecule has 0 atom stereocenters. The number of hydrogen-bond acceptors (Lipinski definition) is 3. The number of urea groups is 1. The van der Waals surface area contributed by atoms with Gasteiger partial charge in [0.25, 0.3) is 0 Å². The normalized spacial score (nSPS) is 13.4. The predicted molar refractivity (Wildman–Crippen MR) is 77.1 cm³/mol. The summed E-state index contributed by atoms with van der Waals surface area (Å²) in [5, 5.41) is 14.1. The summed E-state index contributed by atoms with van der Waals surface area (Å²) in [6.45, 7) is 1.11. The van der Waals surface area contributed by atoms with Crippen molar-refractivity contribution in [1.29, 1.82) is 0 Å². The molecule has 3 N–H and O–H groups in total. The van der Waals surface area contributed by atoms with Gasteiger partial charge in [0.05, 0.1) is 0 Å². The Morgan fingerprint density at radius 3 is 2.10 bits per heavy atom. The largest absolute Gasteiger partial charge is 0.480 e. The molecule has 1 aromatic carbocycles. The van der Waals surface area contributed by atoms with Crippen molar-refractivity contribution >= 4 is 29.3 Å². The average molecular weight is 291 g/mol. The lowest BCUT2D eigenvalue weighted by atomic mass is 10.3. The SMILES string of the molecule is CC(=O)Nc1ccc(NC(=O)N(CC(=O)O)C2CC2)cc1. The zero-order valence-corrected chi connectivity index (χ0v) is 11.6. The molecule has 0 unspecified atom stereocenters. The molecule has 3 amide bonds. The fraction of sp³-hybridized carbons (Fsp3) is 0.357. The molecule has 1 aliphatic rings. The summed E-state index contributed by atoms with van der Waals surface area (Å²) in [4.78, 5) is 35.1. The zero-order valence-electron chi connectivity index (χ0n) is 11.6. The minimum absolute atomic E-state index is 0.0137. The molecule has 0 saturated heterocycles. The van der Waals surface area contributed by atoms with E-state index in [4.69, 9.17) is 5.11 Å². The molecule has 0 spiro atoms. The second kappa shape index (κ2) is 6.25. The first-order valence-electron chi connectivity index (χ1n) is 6.63. The molecule has 1 aliphatic carbocycles. The van der Waals surface area contributed by atoms with Gasteiger partial charge < -0.3 is 20.6 Å². The van der Waals surface area contributed by atoms with Crippen LogP contribution in [0.4, 0.5) is 16.2 Å². The van der Waals surface area contributed by atoms with Gasteiger partial charge in [0.15, 0.2) is 0 Å². The standard InChI is InChI=1S/C14H17N3O4/c1-9(18)15-10-2-4-11(5-3-10)16-14(21)17(8-13(19)20)12-6-7-12/h2-5,12H,6-8H2,1H3,(H,15,18)(H,16,21)(H,19,20). The van der Waals surface area contributed by atoms with Gasteiger partial charge in [-0.05, 0) is 37.1 Å². The molecule has 0 bridgehead atoms. The summed E-state index contributed by atoms with van der Waals surface area (Å²) in [6.07, 6.45) is 1.67. The van der Waals surface area contributed by atoms with Crippen LogP contribution in [-0.4, -0.2) is 40.5 Å². The summed E-state index contributed by atoms with van der Waals surface area (Å²) in [5.41, 5.74) is 1.18. The van der Waals surface area contributed by atoms with E-state index in [-0.39, 0.29) is 18.5 Å². The molecule has 1 fully saturated rings. The van der Waals surface area contributed by atoms with Gasteiger partial charge in [-0.1, -0.05) is 0 Å². The quantitative estimate of drug-likeness (QED) is 0.769. The number of benzene rings is 1. The lowest BCUT2D eigenvalue weighted by Crippen LogP contribution is -2.40. The highest BCUT2D eigenvalue weighted by Gasteiger charge is 2.33. The van der Waals surface area contributed by atoms with Gasteiger partial charge in [0.1, 0.15) is 6.54 Å². The number of rotatable bonds is 5. The number of carbonyl (C=O) groups excluding carboxylic acids is 2. The Morgan fingerprint density at radius 1 is 1.14 bits per heavy atom. The molecule has 0 radical (unpaired) electrons. The lowest BCUT2D eigenvalue weighted by Gasteiger charge is -2.20. The Labute approximate surface area is 121 Å². The highest BCUT2D eigenvalue weighted by Crippen LogP contribution is 2.27. The maximum absolute atomic E-state index is 12.1. The van der Waals surface area contributed by atoms with Gasteiger partial charge >= 0.3 is 12.0 Å². The summed E-state index contributed by atoms with van der Waals surface area (Å²) in [7, 11) is 0. The second-order valence-corrected chi connectivity index (χ2v) is 4.94. The van der Waals surface area contributed by atoms with Crippen LogP contribution in [0, 0.1) is 0 Å². The Bertz CT molecular complexity index is 552. The van der Waals surface area contributed by atoms with Gasteiger partial charge in [-0.2, -0.15) is 0 Å². The topological polar surface area (TPSA) is 98.7 Å². The van der Waals surface area contributed by atoms with Gasteiger partial charge in [0.2, 0.25) is 5.91 Å². The number of amides is 3. The average Bonchev–Trinajstić information content (AvgIpc) is 3.21. The van der Waals surface area contributed by atoms with E-state index in [1.807, 2.05) is 0 Å². The van der Waals surface area contributed by atoms with Crippen LogP contribution in [0.15, 0.2) is 24.3 Å². The van der Waals surface area contributed by atoms with E-state index in [0.717, 1.165) is 12.8 Å². The van der Waals surface area contributed by atoms with E-state index in [2.05, 4.69) is 10.6 Å². The fourth-order valence-corrected chi connectivity index (χ4v) is 1.93. The number of hydrogen-bond donors (Lipinski definition) is 3. The maximum Gasteiger partial charge on any atom is 0.323 e. The summed E-state index contributed by atoms with van der Waals surface area (Å²) >= 11 is 0. The minimum atomic E-state index is -1.03. The van der Waals surface area contributed by atoms with E-state index in [1.54, 1.807) is 24.3 Å². The molecule has 7 heteroatoms. The van der Waals surface area contributed by atoms with Gasteiger partial charge in [-0.25, -0.2) is 4.79 Å². The molecule has 0 aromatic heterocycles. The third kappa shape index (κ3) is 4.48. The molecule has 0 aliphatic heterocycles. The number of aliphatic carboxylic acids is 1. The molecule has 1 saturated carbocycles. The van der Waals surface area contributed by atoms with Crippen molar-refractivity contribution in [2.45, 2.75) is 25.8 Å². The van der Waals surface area contributed by atoms with Crippen molar-refractivity contribution in [2.75, 3.05) is 17.2 Å².